The van der Waals surface area contributed by atoms with Crippen LogP contribution in [0.4, 0.5) is 5.69 Å². The molecule has 1 saturated carbocycles. The highest BCUT2D eigenvalue weighted by Gasteiger charge is 2.44. The summed E-state index contributed by atoms with van der Waals surface area (Å²) in [6.45, 7) is 1.22. The van der Waals surface area contributed by atoms with Gasteiger partial charge in [-0.25, -0.2) is 0 Å². The van der Waals surface area contributed by atoms with Gasteiger partial charge in [-0.1, -0.05) is 12.1 Å². The molecule has 114 valence electrons. The van der Waals surface area contributed by atoms with E-state index in [2.05, 4.69) is 0 Å². The lowest BCUT2D eigenvalue weighted by Gasteiger charge is -2.39. The Kier molecular flexibility index (Phi) is 4.17. The van der Waals surface area contributed by atoms with Crippen molar-refractivity contribution in [2.24, 2.45) is 5.73 Å². The second-order valence-corrected chi connectivity index (χ2v) is 6.68. The van der Waals surface area contributed by atoms with E-state index in [9.17, 15) is 10.1 Å². The second-order valence-electron chi connectivity index (χ2n) is 5.40. The van der Waals surface area contributed by atoms with Crippen molar-refractivity contribution in [3.8, 4) is 0 Å². The van der Waals surface area contributed by atoms with Crippen LogP contribution in [0.25, 0.3) is 0 Å². The van der Waals surface area contributed by atoms with Crippen molar-refractivity contribution in [3.05, 3.63) is 34.4 Å². The van der Waals surface area contributed by atoms with Gasteiger partial charge in [0.05, 0.1) is 23.0 Å². The molecule has 21 heavy (non-hydrogen) atoms. The van der Waals surface area contributed by atoms with Crippen LogP contribution in [0.5, 0.6) is 0 Å². The summed E-state index contributed by atoms with van der Waals surface area (Å²) < 4.78 is 11.5. The van der Waals surface area contributed by atoms with Gasteiger partial charge in [-0.05, 0) is 12.5 Å². The number of benzene rings is 1. The third-order valence-corrected chi connectivity index (χ3v) is 5.42. The number of thioether (sulfide) groups is 1. The summed E-state index contributed by atoms with van der Waals surface area (Å²) in [7, 11) is 0. The molecule has 7 heteroatoms. The Labute approximate surface area is 127 Å². The zero-order valence-electron chi connectivity index (χ0n) is 11.6. The lowest BCUT2D eigenvalue weighted by molar-refractivity contribution is -0.387. The van der Waals surface area contributed by atoms with Crippen LogP contribution in [0.15, 0.2) is 29.2 Å². The largest absolute Gasteiger partial charge is 0.347 e. The predicted molar refractivity (Wildman–Crippen MR) is 79.2 cm³/mol. The number of hydrogen-bond acceptors (Lipinski definition) is 6. The molecule has 2 N–H and O–H groups in total. The van der Waals surface area contributed by atoms with Crippen LogP contribution in [0, 0.1) is 10.1 Å². The van der Waals surface area contributed by atoms with E-state index in [1.54, 1.807) is 12.1 Å². The van der Waals surface area contributed by atoms with E-state index in [0.717, 1.165) is 12.8 Å². The van der Waals surface area contributed by atoms with E-state index in [1.807, 2.05) is 6.07 Å². The fourth-order valence-corrected chi connectivity index (χ4v) is 4.29. The Bertz CT molecular complexity index is 533. The summed E-state index contributed by atoms with van der Waals surface area (Å²) in [5.41, 5.74) is 6.33. The first-order chi connectivity index (χ1) is 10.1. The topological polar surface area (TPSA) is 87.6 Å². The molecule has 2 atom stereocenters. The number of para-hydroxylation sites is 1. The quantitative estimate of drug-likeness (QED) is 0.681. The van der Waals surface area contributed by atoms with E-state index in [-0.39, 0.29) is 21.9 Å². The summed E-state index contributed by atoms with van der Waals surface area (Å²) in [5, 5.41) is 11.2. The van der Waals surface area contributed by atoms with E-state index in [1.165, 1.54) is 17.8 Å². The van der Waals surface area contributed by atoms with E-state index in [4.69, 9.17) is 15.2 Å². The molecule has 0 bridgehead atoms. The van der Waals surface area contributed by atoms with E-state index >= 15 is 0 Å². The maximum absolute atomic E-state index is 11.1. The summed E-state index contributed by atoms with van der Waals surface area (Å²) in [6, 6.07) is 6.77. The number of nitrogens with zero attached hydrogens (tertiary/aromatic N) is 1. The SMILES string of the molecule is NC1CCC2(CC1Sc1ccccc1[N+](=O)[O-])OCCO2. The van der Waals surface area contributed by atoms with Gasteiger partial charge < -0.3 is 15.2 Å². The smallest absolute Gasteiger partial charge is 0.282 e. The summed E-state index contributed by atoms with van der Waals surface area (Å²) in [5.74, 6) is -0.531. The number of nitrogens with two attached hydrogens (primary N) is 1. The molecule has 1 aliphatic carbocycles. The van der Waals surface area contributed by atoms with Crippen LogP contribution in [-0.2, 0) is 9.47 Å². The maximum Gasteiger partial charge on any atom is 0.282 e. The highest BCUT2D eigenvalue weighted by molar-refractivity contribution is 8.00. The Hall–Kier alpha value is -1.15. The Morgan fingerprint density at radius 1 is 1.33 bits per heavy atom. The molecule has 2 unspecified atom stereocenters. The first-order valence-corrected chi connectivity index (χ1v) is 7.91. The van der Waals surface area contributed by atoms with Gasteiger partial charge in [-0.15, -0.1) is 11.8 Å². The van der Waals surface area contributed by atoms with Gasteiger partial charge in [0.2, 0.25) is 0 Å². The van der Waals surface area contributed by atoms with E-state index < -0.39 is 5.79 Å². The van der Waals surface area contributed by atoms with Crippen LogP contribution in [0.1, 0.15) is 19.3 Å². The molecule has 0 radical (unpaired) electrons. The zero-order valence-corrected chi connectivity index (χ0v) is 12.4. The molecule has 0 amide bonds. The first kappa shape index (κ1) is 14.8. The molecule has 1 aromatic carbocycles. The molecule has 6 nitrogen and oxygen atoms in total. The molecule has 1 aromatic rings. The van der Waals surface area contributed by atoms with Crippen molar-refractivity contribution in [2.45, 2.75) is 41.2 Å². The number of rotatable bonds is 3. The third-order valence-electron chi connectivity index (χ3n) is 4.00. The number of hydrogen-bond donors (Lipinski definition) is 1. The van der Waals surface area contributed by atoms with Crippen LogP contribution in [0.3, 0.4) is 0 Å². The minimum Gasteiger partial charge on any atom is -0.347 e. The predicted octanol–water partition coefficient (Wildman–Crippen LogP) is 2.31. The zero-order chi connectivity index (χ0) is 14.9. The van der Waals surface area contributed by atoms with Crippen LogP contribution < -0.4 is 5.73 Å². The van der Waals surface area contributed by atoms with Gasteiger partial charge in [0.15, 0.2) is 5.79 Å². The van der Waals surface area contributed by atoms with Crippen LogP contribution in [-0.4, -0.2) is 35.2 Å². The standard InChI is InChI=1S/C14H18N2O4S/c15-10-5-6-14(19-7-8-20-14)9-13(10)21-12-4-2-1-3-11(12)16(17)18/h1-4,10,13H,5-9,15H2. The molecular formula is C14H18N2O4S. The first-order valence-electron chi connectivity index (χ1n) is 7.03. The van der Waals surface area contributed by atoms with Gasteiger partial charge in [0.1, 0.15) is 0 Å². The molecule has 0 aromatic heterocycles. The Morgan fingerprint density at radius 2 is 2.05 bits per heavy atom. The molecule has 1 heterocycles. The lowest BCUT2D eigenvalue weighted by Crippen LogP contribution is -2.47. The van der Waals surface area contributed by atoms with Gasteiger partial charge >= 0.3 is 0 Å². The van der Waals surface area contributed by atoms with Crippen molar-refractivity contribution >= 4 is 17.4 Å². The van der Waals surface area contributed by atoms with Crippen molar-refractivity contribution in [2.75, 3.05) is 13.2 Å². The van der Waals surface area contributed by atoms with Gasteiger partial charge in [0, 0.05) is 30.2 Å². The van der Waals surface area contributed by atoms with Gasteiger partial charge in [0.25, 0.3) is 5.69 Å². The van der Waals surface area contributed by atoms with Crippen molar-refractivity contribution in [3.63, 3.8) is 0 Å². The molecular weight excluding hydrogens is 292 g/mol. The normalized spacial score (nSPS) is 27.9. The lowest BCUT2D eigenvalue weighted by atomic mass is 9.90. The molecule has 3 rings (SSSR count). The number of ether oxygens (including phenoxy) is 2. The average molecular weight is 310 g/mol. The van der Waals surface area contributed by atoms with Gasteiger partial charge in [-0.3, -0.25) is 10.1 Å². The Balaban J connectivity index is 1.78. The highest BCUT2D eigenvalue weighted by Crippen LogP contribution is 2.43. The highest BCUT2D eigenvalue weighted by atomic mass is 32.2. The number of nitro groups is 1. The fraction of sp³-hybridized carbons (Fsp3) is 0.571. The second kappa shape index (κ2) is 5.92. The van der Waals surface area contributed by atoms with Crippen molar-refractivity contribution in [1.29, 1.82) is 0 Å². The van der Waals surface area contributed by atoms with E-state index in [0.29, 0.717) is 24.5 Å². The van der Waals surface area contributed by atoms with Crippen LogP contribution in [0.2, 0.25) is 0 Å². The minimum absolute atomic E-state index is 0.00626. The van der Waals surface area contributed by atoms with Crippen LogP contribution >= 0.6 is 11.8 Å². The average Bonchev–Trinajstić information content (AvgIpc) is 2.92. The summed E-state index contributed by atoms with van der Waals surface area (Å²) in [4.78, 5) is 11.4. The fourth-order valence-electron chi connectivity index (χ4n) is 2.89. The van der Waals surface area contributed by atoms with Crippen molar-refractivity contribution in [1.82, 2.24) is 0 Å². The maximum atomic E-state index is 11.1. The molecule has 2 aliphatic rings. The summed E-state index contributed by atoms with van der Waals surface area (Å²) in [6.07, 6.45) is 2.27. The molecule has 1 saturated heterocycles. The minimum atomic E-state index is -0.531. The third kappa shape index (κ3) is 3.06. The molecule has 1 spiro atoms. The molecule has 1 aliphatic heterocycles. The van der Waals surface area contributed by atoms with Gasteiger partial charge in [-0.2, -0.15) is 0 Å². The number of nitro benzene ring substituents is 1. The monoisotopic (exact) mass is 310 g/mol. The molecule has 2 fully saturated rings. The van der Waals surface area contributed by atoms with Crippen molar-refractivity contribution < 1.29 is 14.4 Å². The summed E-state index contributed by atoms with van der Waals surface area (Å²) >= 11 is 1.46. The Morgan fingerprint density at radius 3 is 2.76 bits per heavy atom.